The molecule has 1 unspecified atom stereocenters. The zero-order chi connectivity index (χ0) is 3.58. The molecule has 0 rings (SSSR count). The van der Waals surface area contributed by atoms with Crippen LogP contribution in [0.15, 0.2) is 0 Å². The van der Waals surface area contributed by atoms with Crippen LogP contribution in [0.5, 0.6) is 0 Å². The first-order valence-electron chi connectivity index (χ1n) is 0.516. The third-order valence-corrected chi connectivity index (χ3v) is 0. The molecule has 4 nitrogen and oxygen atoms in total. The predicted molar refractivity (Wildman–Crippen MR) is 14.6 cm³/mol. The van der Waals surface area contributed by atoms with E-state index in [4.69, 9.17) is 12.2 Å². The van der Waals surface area contributed by atoms with Crippen LogP contribution in [0.4, 0.5) is 0 Å². The Labute approximate surface area is 33.7 Å². The molecule has 0 aliphatic rings. The molecule has 5 heteroatoms. The monoisotopic (exact) mass is 147 g/mol. The average Bonchev–Trinajstić information content (AvgIpc) is 0.811. The Morgan fingerprint density at radius 1 is 1.80 bits per heavy atom. The van der Waals surface area contributed by atoms with E-state index in [1.807, 2.05) is 0 Å². The van der Waals surface area contributed by atoms with Gasteiger partial charge in [0.25, 0.3) is 0 Å². The molecular formula is H5NO3Se. The molecule has 0 aromatic rings. The zero-order valence-corrected chi connectivity index (χ0v) is 4.39. The molecule has 34 valence electrons. The first kappa shape index (κ1) is 8.96. The van der Waals surface area contributed by atoms with Gasteiger partial charge < -0.3 is 6.15 Å². The van der Waals surface area contributed by atoms with Crippen molar-refractivity contribution in [2.24, 2.45) is 0 Å². The summed E-state index contributed by atoms with van der Waals surface area (Å²) >= 11 is -3.54. The summed E-state index contributed by atoms with van der Waals surface area (Å²) in [4.78, 5) is 0. The van der Waals surface area contributed by atoms with E-state index < -0.39 is 14.5 Å². The molecule has 0 aromatic carbocycles. The van der Waals surface area contributed by atoms with Gasteiger partial charge in [0, 0.05) is 0 Å². The van der Waals surface area contributed by atoms with Crippen LogP contribution >= 0.6 is 0 Å². The molecule has 0 radical (unpaired) electrons. The number of hydrogen-bond acceptors (Lipinski definition) is 2. The first-order chi connectivity index (χ1) is 1.73. The van der Waals surface area contributed by atoms with Crippen LogP contribution in [0.2, 0.25) is 0 Å². The van der Waals surface area contributed by atoms with Gasteiger partial charge in [-0.2, -0.15) is 0 Å². The first-order valence-corrected chi connectivity index (χ1v) is 2.68. The number of rotatable bonds is 0. The van der Waals surface area contributed by atoms with E-state index >= 15 is 0 Å². The Hall–Kier alpha value is 0.199. The van der Waals surface area contributed by atoms with Gasteiger partial charge in [0.05, 0.1) is 0 Å². The molecule has 1 atom stereocenters. The maximum absolute atomic E-state index is 8.65. The topological polar surface area (TPSA) is 96.9 Å². The van der Waals surface area contributed by atoms with Crippen LogP contribution in [0.25, 0.3) is 0 Å². The number of hydrogen-bond donors (Lipinski definition) is 2. The minimum absolute atomic E-state index is 0. The van der Waals surface area contributed by atoms with Gasteiger partial charge in [-0.05, 0) is 0 Å². The van der Waals surface area contributed by atoms with Gasteiger partial charge in [-0.15, -0.1) is 0 Å². The molecule has 0 heterocycles. The summed E-state index contributed by atoms with van der Waals surface area (Å²) in [6, 6.07) is 0. The van der Waals surface area contributed by atoms with Crippen LogP contribution in [0.1, 0.15) is 0 Å². The van der Waals surface area contributed by atoms with Crippen LogP contribution in [-0.4, -0.2) is 18.7 Å². The fraction of sp³-hybridized carbons (Fsp3) is 0. The summed E-state index contributed by atoms with van der Waals surface area (Å²) in [6.07, 6.45) is 0. The maximum atomic E-state index is 8.65. The van der Waals surface area contributed by atoms with E-state index in [1.165, 1.54) is 0 Å². The minimum atomic E-state index is -3.54. The van der Waals surface area contributed by atoms with Gasteiger partial charge in [-0.1, -0.05) is 0 Å². The summed E-state index contributed by atoms with van der Waals surface area (Å²) in [7, 11) is 0. The Bertz CT molecular complexity index is 29.9. The van der Waals surface area contributed by atoms with Crippen molar-refractivity contribution in [3.8, 4) is 0 Å². The maximum Gasteiger partial charge on any atom is -0.369 e. The van der Waals surface area contributed by atoms with Crippen molar-refractivity contribution in [2.45, 2.75) is 0 Å². The Morgan fingerprint density at radius 3 is 1.80 bits per heavy atom. The van der Waals surface area contributed by atoms with Gasteiger partial charge in [0.15, 0.2) is 0 Å². The van der Waals surface area contributed by atoms with E-state index in [9.17, 15) is 0 Å². The third-order valence-electron chi connectivity index (χ3n) is 0. The standard InChI is InChI=1S/H3N.H2O3Se/c;1-4(2)3/h1H3;(H2,1,2,3). The molecule has 0 saturated carbocycles. The Morgan fingerprint density at radius 2 is 1.80 bits per heavy atom. The largest absolute Gasteiger partial charge is 0.369 e. The van der Waals surface area contributed by atoms with Crippen molar-refractivity contribution in [3.63, 3.8) is 0 Å². The van der Waals surface area contributed by atoms with Crippen LogP contribution in [0.3, 0.4) is 0 Å². The fourth-order valence-corrected chi connectivity index (χ4v) is 0. The minimum Gasteiger partial charge on any atom is -0.369 e. The van der Waals surface area contributed by atoms with E-state index in [-0.39, 0.29) is 6.15 Å². The molecular weight excluding hydrogens is 141 g/mol. The van der Waals surface area contributed by atoms with Crippen molar-refractivity contribution >= 4 is 14.5 Å². The van der Waals surface area contributed by atoms with E-state index in [0.29, 0.717) is 0 Å². The molecule has 5 heavy (non-hydrogen) atoms. The second-order valence-electron chi connectivity index (χ2n) is 0.217. The van der Waals surface area contributed by atoms with Gasteiger partial charge in [0.1, 0.15) is 0 Å². The normalized spacial score (nSPS) is 12.4. The molecule has 0 saturated heterocycles. The summed E-state index contributed by atoms with van der Waals surface area (Å²) in [5, 5.41) is 0. The van der Waals surface area contributed by atoms with Gasteiger partial charge in [-0.25, -0.2) is 0 Å². The zero-order valence-electron chi connectivity index (χ0n) is 2.67. The summed E-state index contributed by atoms with van der Waals surface area (Å²) in [5.74, 6) is 0. The molecule has 0 aromatic heterocycles. The van der Waals surface area contributed by atoms with E-state index in [2.05, 4.69) is 0 Å². The molecule has 0 bridgehead atoms. The second-order valence-corrected chi connectivity index (χ2v) is 1.13. The van der Waals surface area contributed by atoms with Gasteiger partial charge in [-0.3, -0.25) is 0 Å². The molecule has 5 N–H and O–H groups in total. The fourth-order valence-electron chi connectivity index (χ4n) is 0. The molecule has 0 fully saturated rings. The van der Waals surface area contributed by atoms with Crippen LogP contribution < -0.4 is 10.3 Å². The smallest absolute Gasteiger partial charge is 0.369 e. The van der Waals surface area contributed by atoms with Gasteiger partial charge >= 0.3 is 26.7 Å². The summed E-state index contributed by atoms with van der Waals surface area (Å²) in [6.45, 7) is 0. The SMILES string of the molecule is O=[Se]([O-])O.[NH4+]. The molecule has 0 aliphatic heterocycles. The Kier molecular flexibility index (Phi) is 7.52. The predicted octanol–water partition coefficient (Wildman–Crippen LogP) is -1.87. The van der Waals surface area contributed by atoms with Crippen molar-refractivity contribution < 1.29 is 12.2 Å². The molecule has 0 amide bonds. The van der Waals surface area contributed by atoms with Crippen molar-refractivity contribution in [2.75, 3.05) is 0 Å². The van der Waals surface area contributed by atoms with Crippen molar-refractivity contribution in [3.05, 3.63) is 0 Å². The van der Waals surface area contributed by atoms with Crippen LogP contribution in [0, 0.1) is 0 Å². The third kappa shape index (κ3) is 511. The quantitative estimate of drug-likeness (QED) is 0.391. The summed E-state index contributed by atoms with van der Waals surface area (Å²) in [5.41, 5.74) is 0. The molecule has 0 spiro atoms. The van der Waals surface area contributed by atoms with Crippen molar-refractivity contribution in [1.82, 2.24) is 6.15 Å². The van der Waals surface area contributed by atoms with E-state index in [0.717, 1.165) is 0 Å². The number of quaternary nitrogens is 1. The van der Waals surface area contributed by atoms with Crippen LogP contribution in [-0.2, 0) is 3.83 Å². The van der Waals surface area contributed by atoms with Crippen molar-refractivity contribution in [1.29, 1.82) is 0 Å². The average molecular weight is 146 g/mol. The summed E-state index contributed by atoms with van der Waals surface area (Å²) < 4.78 is 24.4. The second kappa shape index (κ2) is 4.20. The van der Waals surface area contributed by atoms with E-state index in [1.54, 1.807) is 0 Å². The van der Waals surface area contributed by atoms with Gasteiger partial charge in [0.2, 0.25) is 0 Å². The molecule has 0 aliphatic carbocycles. The Balaban J connectivity index is 0.